The molecular formula is C14H22N2O3. The van der Waals surface area contributed by atoms with Crippen LogP contribution in [-0.4, -0.2) is 40.1 Å². The smallest absolute Gasteiger partial charge is 0.303 e. The van der Waals surface area contributed by atoms with Crippen LogP contribution in [0.5, 0.6) is 0 Å². The van der Waals surface area contributed by atoms with E-state index in [-0.39, 0.29) is 6.42 Å². The Kier molecular flexibility index (Phi) is 4.58. The van der Waals surface area contributed by atoms with Gasteiger partial charge in [-0.1, -0.05) is 0 Å². The molecule has 0 saturated carbocycles. The predicted octanol–water partition coefficient (Wildman–Crippen LogP) is 1.96. The van der Waals surface area contributed by atoms with E-state index in [0.717, 1.165) is 31.1 Å². The molecule has 1 fully saturated rings. The first-order valence-corrected chi connectivity index (χ1v) is 6.93. The van der Waals surface area contributed by atoms with Crippen LogP contribution in [0.15, 0.2) is 10.7 Å². The highest BCUT2D eigenvalue weighted by Gasteiger charge is 2.25. The molecule has 19 heavy (non-hydrogen) atoms. The third-order valence-electron chi connectivity index (χ3n) is 3.71. The zero-order valence-electron chi connectivity index (χ0n) is 11.6. The van der Waals surface area contributed by atoms with Crippen LogP contribution in [0.1, 0.15) is 38.3 Å². The second-order valence-corrected chi connectivity index (χ2v) is 5.57. The fraction of sp³-hybridized carbons (Fsp3) is 0.714. The summed E-state index contributed by atoms with van der Waals surface area (Å²) in [6, 6.07) is 0.598. The van der Waals surface area contributed by atoms with E-state index in [1.54, 1.807) is 6.26 Å². The van der Waals surface area contributed by atoms with Crippen molar-refractivity contribution < 1.29 is 14.3 Å². The molecule has 1 saturated heterocycles. The lowest BCUT2D eigenvalue weighted by molar-refractivity contribution is -0.136. The molecule has 106 valence electrons. The van der Waals surface area contributed by atoms with Crippen LogP contribution in [0.25, 0.3) is 0 Å². The summed E-state index contributed by atoms with van der Waals surface area (Å²) in [5.74, 6) is 0.553. The van der Waals surface area contributed by atoms with Crippen molar-refractivity contribution in [1.82, 2.24) is 9.88 Å². The van der Waals surface area contributed by atoms with Gasteiger partial charge in [-0.3, -0.25) is 4.79 Å². The Labute approximate surface area is 113 Å². The van der Waals surface area contributed by atoms with E-state index in [4.69, 9.17) is 9.52 Å². The van der Waals surface area contributed by atoms with Crippen LogP contribution in [0.4, 0.5) is 0 Å². The van der Waals surface area contributed by atoms with Gasteiger partial charge in [0.1, 0.15) is 6.26 Å². The Balaban J connectivity index is 1.82. The molecule has 1 atom stereocenters. The molecular weight excluding hydrogens is 244 g/mol. The predicted molar refractivity (Wildman–Crippen MR) is 71.0 cm³/mol. The molecule has 5 nitrogen and oxygen atoms in total. The van der Waals surface area contributed by atoms with Gasteiger partial charge < -0.3 is 14.4 Å². The minimum absolute atomic E-state index is 0.108. The van der Waals surface area contributed by atoms with Crippen molar-refractivity contribution in [1.29, 1.82) is 0 Å². The summed E-state index contributed by atoms with van der Waals surface area (Å²) in [4.78, 5) is 17.3. The van der Waals surface area contributed by atoms with Gasteiger partial charge in [0.15, 0.2) is 5.89 Å². The Morgan fingerprint density at radius 3 is 3.05 bits per heavy atom. The van der Waals surface area contributed by atoms with Gasteiger partial charge in [-0.05, 0) is 32.7 Å². The highest BCUT2D eigenvalue weighted by molar-refractivity contribution is 5.66. The van der Waals surface area contributed by atoms with E-state index in [1.807, 2.05) is 0 Å². The van der Waals surface area contributed by atoms with Crippen molar-refractivity contribution in [2.75, 3.05) is 13.1 Å². The molecule has 1 unspecified atom stereocenters. The Hall–Kier alpha value is -1.36. The first-order chi connectivity index (χ1) is 9.04. The second kappa shape index (κ2) is 6.19. The minimum Gasteiger partial charge on any atom is -0.481 e. The topological polar surface area (TPSA) is 66.6 Å². The van der Waals surface area contributed by atoms with Crippen LogP contribution in [0.3, 0.4) is 0 Å². The number of oxazole rings is 1. The van der Waals surface area contributed by atoms with Crippen molar-refractivity contribution in [2.24, 2.45) is 5.92 Å². The molecule has 1 aliphatic rings. The number of carbonyl (C=O) groups is 1. The molecule has 1 aliphatic heterocycles. The molecule has 0 amide bonds. The summed E-state index contributed by atoms with van der Waals surface area (Å²) < 4.78 is 5.43. The van der Waals surface area contributed by atoms with Gasteiger partial charge in [-0.2, -0.15) is 0 Å². The average Bonchev–Trinajstić information content (AvgIpc) is 2.96. The maximum Gasteiger partial charge on any atom is 0.303 e. The van der Waals surface area contributed by atoms with Crippen LogP contribution < -0.4 is 0 Å². The quantitative estimate of drug-likeness (QED) is 0.852. The number of hydrogen-bond acceptors (Lipinski definition) is 4. The van der Waals surface area contributed by atoms with E-state index in [2.05, 4.69) is 23.7 Å². The molecule has 2 rings (SSSR count). The van der Waals surface area contributed by atoms with Gasteiger partial charge in [-0.15, -0.1) is 0 Å². The maximum absolute atomic E-state index is 10.5. The molecule has 0 bridgehead atoms. The third-order valence-corrected chi connectivity index (χ3v) is 3.71. The summed E-state index contributed by atoms with van der Waals surface area (Å²) in [7, 11) is 0. The minimum atomic E-state index is -0.798. The van der Waals surface area contributed by atoms with Crippen LogP contribution >= 0.6 is 0 Å². The Morgan fingerprint density at radius 2 is 2.42 bits per heavy atom. The second-order valence-electron chi connectivity index (χ2n) is 5.57. The number of hydrogen-bond donors (Lipinski definition) is 1. The lowest BCUT2D eigenvalue weighted by atomic mass is 10.1. The zero-order valence-corrected chi connectivity index (χ0v) is 11.6. The van der Waals surface area contributed by atoms with Crippen LogP contribution in [0.2, 0.25) is 0 Å². The first-order valence-electron chi connectivity index (χ1n) is 6.93. The Bertz CT molecular complexity index is 428. The number of aromatic nitrogens is 1. The van der Waals surface area contributed by atoms with Gasteiger partial charge in [0, 0.05) is 25.4 Å². The standard InChI is InChI=1S/C14H22N2O3/c1-10(2)16-6-5-11(8-16)7-13-15-12(9-19-13)3-4-14(17)18/h9-11H,3-8H2,1-2H3,(H,17,18). The number of aryl methyl sites for hydroxylation is 1. The molecule has 1 aromatic rings. The molecule has 2 heterocycles. The zero-order chi connectivity index (χ0) is 13.8. The molecule has 0 aliphatic carbocycles. The monoisotopic (exact) mass is 266 g/mol. The summed E-state index contributed by atoms with van der Waals surface area (Å²) >= 11 is 0. The third kappa shape index (κ3) is 4.06. The number of likely N-dealkylation sites (tertiary alicyclic amines) is 1. The molecule has 0 radical (unpaired) electrons. The van der Waals surface area contributed by atoms with Gasteiger partial charge >= 0.3 is 5.97 Å². The lowest BCUT2D eigenvalue weighted by Gasteiger charge is -2.19. The highest BCUT2D eigenvalue weighted by Crippen LogP contribution is 2.22. The van der Waals surface area contributed by atoms with E-state index < -0.39 is 5.97 Å². The van der Waals surface area contributed by atoms with Crippen LogP contribution in [0, 0.1) is 5.92 Å². The van der Waals surface area contributed by atoms with E-state index in [0.29, 0.717) is 18.4 Å². The Morgan fingerprint density at radius 1 is 1.63 bits per heavy atom. The fourth-order valence-electron chi connectivity index (χ4n) is 2.54. The van der Waals surface area contributed by atoms with Gasteiger partial charge in [0.25, 0.3) is 0 Å². The average molecular weight is 266 g/mol. The number of carboxylic acids is 1. The van der Waals surface area contributed by atoms with Gasteiger partial charge in [-0.25, -0.2) is 4.98 Å². The van der Waals surface area contributed by atoms with Crippen molar-refractivity contribution in [3.63, 3.8) is 0 Å². The lowest BCUT2D eigenvalue weighted by Crippen LogP contribution is -2.28. The number of nitrogens with zero attached hydrogens (tertiary/aromatic N) is 2. The van der Waals surface area contributed by atoms with Crippen molar-refractivity contribution in [3.05, 3.63) is 17.8 Å². The highest BCUT2D eigenvalue weighted by atomic mass is 16.4. The van der Waals surface area contributed by atoms with Crippen molar-refractivity contribution in [3.8, 4) is 0 Å². The summed E-state index contributed by atoms with van der Waals surface area (Å²) in [6.07, 6.45) is 4.19. The van der Waals surface area contributed by atoms with E-state index >= 15 is 0 Å². The molecule has 5 heteroatoms. The number of rotatable bonds is 6. The van der Waals surface area contributed by atoms with Crippen LogP contribution in [-0.2, 0) is 17.6 Å². The number of carboxylic acid groups (broad SMARTS) is 1. The maximum atomic E-state index is 10.5. The van der Waals surface area contributed by atoms with Crippen molar-refractivity contribution in [2.45, 2.75) is 45.6 Å². The van der Waals surface area contributed by atoms with Gasteiger partial charge in [0.2, 0.25) is 0 Å². The largest absolute Gasteiger partial charge is 0.481 e. The SMILES string of the molecule is CC(C)N1CCC(Cc2nc(CCC(=O)O)co2)C1. The van der Waals surface area contributed by atoms with Crippen molar-refractivity contribution >= 4 is 5.97 Å². The summed E-state index contributed by atoms with van der Waals surface area (Å²) in [5.41, 5.74) is 0.746. The molecule has 0 aromatic carbocycles. The molecule has 0 spiro atoms. The number of aliphatic carboxylic acids is 1. The molecule has 1 aromatic heterocycles. The van der Waals surface area contributed by atoms with Gasteiger partial charge in [0.05, 0.1) is 12.1 Å². The summed E-state index contributed by atoms with van der Waals surface area (Å²) in [5, 5.41) is 8.63. The first kappa shape index (κ1) is 14.1. The summed E-state index contributed by atoms with van der Waals surface area (Å²) in [6.45, 7) is 6.69. The van der Waals surface area contributed by atoms with E-state index in [9.17, 15) is 4.79 Å². The fourth-order valence-corrected chi connectivity index (χ4v) is 2.54. The molecule has 1 N–H and O–H groups in total. The normalized spacial score (nSPS) is 20.3. The van der Waals surface area contributed by atoms with E-state index in [1.165, 1.54) is 6.42 Å².